The molecule has 2 rings (SSSR count). The van der Waals surface area contributed by atoms with Crippen LogP contribution in [0.1, 0.15) is 25.1 Å². The summed E-state index contributed by atoms with van der Waals surface area (Å²) in [5.74, 6) is 0.620. The molecule has 2 unspecified atom stereocenters. The molecule has 102 valence electrons. The monoisotopic (exact) mass is 320 g/mol. The van der Waals surface area contributed by atoms with Crippen LogP contribution >= 0.6 is 15.9 Å². The van der Waals surface area contributed by atoms with E-state index in [9.17, 15) is 0 Å². The number of aryl methyl sites for hydroxylation is 1. The largest absolute Gasteiger partial charge is 0.310 e. The van der Waals surface area contributed by atoms with E-state index in [2.05, 4.69) is 71.3 Å². The first-order valence-electron chi connectivity index (χ1n) is 6.76. The second kappa shape index (κ2) is 6.49. The summed E-state index contributed by atoms with van der Waals surface area (Å²) in [6, 6.07) is 11.0. The van der Waals surface area contributed by atoms with Crippen molar-refractivity contribution in [3.05, 3.63) is 41.6 Å². The maximum atomic E-state index is 4.58. The number of nitrogens with one attached hydrogen (secondary N) is 1. The molecule has 0 spiro atoms. The second-order valence-corrected chi connectivity index (χ2v) is 5.89. The molecule has 0 saturated carbocycles. The first kappa shape index (κ1) is 14.5. The number of alkyl halides is 1. The smallest absolute Gasteiger partial charge is 0.0708 e. The summed E-state index contributed by atoms with van der Waals surface area (Å²) in [6.07, 6.45) is 0. The van der Waals surface area contributed by atoms with E-state index in [1.54, 1.807) is 0 Å². The summed E-state index contributed by atoms with van der Waals surface area (Å²) in [4.78, 5) is 4.58. The molecule has 0 amide bonds. The van der Waals surface area contributed by atoms with Gasteiger partial charge in [0.25, 0.3) is 0 Å². The lowest BCUT2D eigenvalue weighted by molar-refractivity contribution is 0.434. The topological polar surface area (TPSA) is 24.9 Å². The summed E-state index contributed by atoms with van der Waals surface area (Å²) in [5.41, 5.74) is 3.49. The Morgan fingerprint density at radius 1 is 1.26 bits per heavy atom. The number of nitrogens with zero attached hydrogens (tertiary/aromatic N) is 1. The molecule has 0 radical (unpaired) electrons. The lowest BCUT2D eigenvalue weighted by Crippen LogP contribution is -2.32. The molecule has 2 atom stereocenters. The SMILES string of the molecule is Cc1cc(CNC(C)C(C)CBr)c2ccccc2n1. The molecular weight excluding hydrogens is 300 g/mol. The van der Waals surface area contributed by atoms with Crippen LogP contribution in [0.4, 0.5) is 0 Å². The molecule has 2 nitrogen and oxygen atoms in total. The molecule has 1 aromatic carbocycles. The van der Waals surface area contributed by atoms with Gasteiger partial charge >= 0.3 is 0 Å². The predicted molar refractivity (Wildman–Crippen MR) is 85.7 cm³/mol. The molecule has 0 aliphatic heterocycles. The van der Waals surface area contributed by atoms with Gasteiger partial charge in [0.05, 0.1) is 5.52 Å². The molecule has 3 heteroatoms. The van der Waals surface area contributed by atoms with Crippen molar-refractivity contribution in [2.75, 3.05) is 5.33 Å². The number of benzene rings is 1. The van der Waals surface area contributed by atoms with Gasteiger partial charge in [0, 0.05) is 29.0 Å². The van der Waals surface area contributed by atoms with Gasteiger partial charge in [0.2, 0.25) is 0 Å². The standard InChI is InChI=1S/C16H21BrN2/c1-11(9-17)13(3)18-10-14-8-12(2)19-16-7-5-4-6-15(14)16/h4-8,11,13,18H,9-10H2,1-3H3. The Morgan fingerprint density at radius 2 is 2.00 bits per heavy atom. The second-order valence-electron chi connectivity index (χ2n) is 5.24. The van der Waals surface area contributed by atoms with Gasteiger partial charge in [-0.15, -0.1) is 0 Å². The molecule has 1 heterocycles. The van der Waals surface area contributed by atoms with Crippen LogP contribution in [0.2, 0.25) is 0 Å². The van der Waals surface area contributed by atoms with Crippen LogP contribution in [-0.2, 0) is 6.54 Å². The van der Waals surface area contributed by atoms with Crippen molar-refractivity contribution in [2.24, 2.45) is 5.92 Å². The Hall–Kier alpha value is -0.930. The molecule has 0 fully saturated rings. The average molecular weight is 321 g/mol. The molecule has 0 aliphatic carbocycles. The van der Waals surface area contributed by atoms with Crippen molar-refractivity contribution in [3.8, 4) is 0 Å². The van der Waals surface area contributed by atoms with E-state index in [1.807, 2.05) is 6.07 Å². The van der Waals surface area contributed by atoms with Crippen LogP contribution in [0.5, 0.6) is 0 Å². The molecule has 1 N–H and O–H groups in total. The van der Waals surface area contributed by atoms with Crippen molar-refractivity contribution < 1.29 is 0 Å². The van der Waals surface area contributed by atoms with E-state index in [4.69, 9.17) is 0 Å². The van der Waals surface area contributed by atoms with Crippen molar-refractivity contribution in [3.63, 3.8) is 0 Å². The van der Waals surface area contributed by atoms with E-state index in [-0.39, 0.29) is 0 Å². The minimum Gasteiger partial charge on any atom is -0.310 e. The molecule has 19 heavy (non-hydrogen) atoms. The fourth-order valence-corrected chi connectivity index (χ4v) is 2.71. The summed E-state index contributed by atoms with van der Waals surface area (Å²) in [6.45, 7) is 7.44. The Balaban J connectivity index is 2.20. The fourth-order valence-electron chi connectivity index (χ4n) is 2.15. The highest BCUT2D eigenvalue weighted by Gasteiger charge is 2.11. The van der Waals surface area contributed by atoms with E-state index in [1.165, 1.54) is 10.9 Å². The third kappa shape index (κ3) is 3.54. The van der Waals surface area contributed by atoms with Gasteiger partial charge in [-0.05, 0) is 37.5 Å². The summed E-state index contributed by atoms with van der Waals surface area (Å²) < 4.78 is 0. The lowest BCUT2D eigenvalue weighted by atomic mass is 10.0. The van der Waals surface area contributed by atoms with Crippen molar-refractivity contribution >= 4 is 26.8 Å². The zero-order valence-electron chi connectivity index (χ0n) is 11.8. The van der Waals surface area contributed by atoms with Gasteiger partial charge in [0.15, 0.2) is 0 Å². The number of fused-ring (bicyclic) bond motifs is 1. The number of pyridine rings is 1. The maximum absolute atomic E-state index is 4.58. The first-order valence-corrected chi connectivity index (χ1v) is 7.88. The normalized spacial score (nSPS) is 14.5. The number of aromatic nitrogens is 1. The molecule has 2 aromatic rings. The van der Waals surface area contributed by atoms with Crippen LogP contribution in [0.25, 0.3) is 10.9 Å². The molecule has 0 bridgehead atoms. The Labute approximate surface area is 123 Å². The zero-order chi connectivity index (χ0) is 13.8. The predicted octanol–water partition coefficient (Wildman–Crippen LogP) is 4.05. The van der Waals surface area contributed by atoms with Gasteiger partial charge in [-0.25, -0.2) is 0 Å². The van der Waals surface area contributed by atoms with E-state index in [0.717, 1.165) is 23.1 Å². The average Bonchev–Trinajstić information content (AvgIpc) is 2.43. The highest BCUT2D eigenvalue weighted by Crippen LogP contribution is 2.18. The molecule has 0 aliphatic rings. The maximum Gasteiger partial charge on any atom is 0.0708 e. The van der Waals surface area contributed by atoms with Crippen molar-refractivity contribution in [1.82, 2.24) is 10.3 Å². The third-order valence-corrected chi connectivity index (χ3v) is 4.66. The van der Waals surface area contributed by atoms with Crippen LogP contribution in [0.15, 0.2) is 30.3 Å². The van der Waals surface area contributed by atoms with Gasteiger partial charge < -0.3 is 5.32 Å². The summed E-state index contributed by atoms with van der Waals surface area (Å²) in [7, 11) is 0. The van der Waals surface area contributed by atoms with Crippen LogP contribution in [-0.4, -0.2) is 16.4 Å². The number of rotatable bonds is 5. The van der Waals surface area contributed by atoms with Crippen molar-refractivity contribution in [1.29, 1.82) is 0 Å². The minimum atomic E-state index is 0.492. The number of halogens is 1. The highest BCUT2D eigenvalue weighted by atomic mass is 79.9. The molecular formula is C16H21BrN2. The lowest BCUT2D eigenvalue weighted by Gasteiger charge is -2.20. The number of hydrogen-bond donors (Lipinski definition) is 1. The number of para-hydroxylation sites is 1. The third-order valence-electron chi connectivity index (χ3n) is 3.64. The molecule has 0 saturated heterocycles. The number of hydrogen-bond acceptors (Lipinski definition) is 2. The summed E-state index contributed by atoms with van der Waals surface area (Å²) in [5, 5.41) is 5.89. The Bertz CT molecular complexity index is 553. The zero-order valence-corrected chi connectivity index (χ0v) is 13.4. The Morgan fingerprint density at radius 3 is 2.74 bits per heavy atom. The van der Waals surface area contributed by atoms with Gasteiger partial charge in [0.1, 0.15) is 0 Å². The van der Waals surface area contributed by atoms with Gasteiger partial charge in [-0.2, -0.15) is 0 Å². The van der Waals surface area contributed by atoms with E-state index in [0.29, 0.717) is 12.0 Å². The molecule has 1 aromatic heterocycles. The van der Waals surface area contributed by atoms with Crippen molar-refractivity contribution in [2.45, 2.75) is 33.4 Å². The fraction of sp³-hybridized carbons (Fsp3) is 0.438. The van der Waals surface area contributed by atoms with E-state index < -0.39 is 0 Å². The van der Waals surface area contributed by atoms with Gasteiger partial charge in [-0.3, -0.25) is 4.98 Å². The van der Waals surface area contributed by atoms with E-state index >= 15 is 0 Å². The minimum absolute atomic E-state index is 0.492. The van der Waals surface area contributed by atoms with Crippen LogP contribution in [0.3, 0.4) is 0 Å². The Kier molecular flexibility index (Phi) is 4.94. The quantitative estimate of drug-likeness (QED) is 0.840. The van der Waals surface area contributed by atoms with Crippen LogP contribution < -0.4 is 5.32 Å². The van der Waals surface area contributed by atoms with Gasteiger partial charge in [-0.1, -0.05) is 41.1 Å². The highest BCUT2D eigenvalue weighted by molar-refractivity contribution is 9.09. The first-order chi connectivity index (χ1) is 9.11. The summed E-state index contributed by atoms with van der Waals surface area (Å²) >= 11 is 3.54. The van der Waals surface area contributed by atoms with Crippen LogP contribution in [0, 0.1) is 12.8 Å².